The van der Waals surface area contributed by atoms with Crippen molar-refractivity contribution in [1.82, 2.24) is 16.0 Å². The Morgan fingerprint density at radius 1 is 1.22 bits per heavy atom. The molecule has 6 nitrogen and oxygen atoms in total. The second kappa shape index (κ2) is 13.7. The Morgan fingerprint density at radius 3 is 2.59 bits per heavy atom. The van der Waals surface area contributed by atoms with E-state index < -0.39 is 0 Å². The van der Waals surface area contributed by atoms with E-state index in [0.717, 1.165) is 38.2 Å². The molecule has 1 aromatic heterocycles. The number of carbonyl (C=O) groups is 1. The lowest BCUT2D eigenvalue weighted by molar-refractivity contribution is -0.123. The third-order valence-electron chi connectivity index (χ3n) is 4.94. The number of nitrogens with zero attached hydrogens (tertiary/aromatic N) is 1. The van der Waals surface area contributed by atoms with Gasteiger partial charge in [0.15, 0.2) is 12.6 Å². The predicted molar refractivity (Wildman–Crippen MR) is 144 cm³/mol. The van der Waals surface area contributed by atoms with Gasteiger partial charge in [-0.1, -0.05) is 12.1 Å². The van der Waals surface area contributed by atoms with Gasteiger partial charge in [-0.3, -0.25) is 9.79 Å². The van der Waals surface area contributed by atoms with E-state index in [0.29, 0.717) is 24.4 Å². The van der Waals surface area contributed by atoms with Crippen LogP contribution >= 0.6 is 35.3 Å². The van der Waals surface area contributed by atoms with Crippen molar-refractivity contribution in [3.05, 3.63) is 51.7 Å². The van der Waals surface area contributed by atoms with E-state index in [1.54, 1.807) is 0 Å². The standard InChI is InChI=1S/C24H34N4O2S.HI/c1-4-25-24(27-17(2)15-22-12-5-18(3)31-22)26-14-13-19-6-10-21(11-7-19)30-16-23(29)28-20-8-9-20;/h5-7,10-12,17,20H,4,8-9,13-16H2,1-3H3,(H,28,29)(H2,25,26,27);1H. The highest BCUT2D eigenvalue weighted by Crippen LogP contribution is 2.19. The SMILES string of the molecule is CCNC(=NCCc1ccc(OCC(=O)NC2CC2)cc1)NC(C)Cc1ccc(C)s1.I. The Morgan fingerprint density at radius 2 is 1.97 bits per heavy atom. The first-order chi connectivity index (χ1) is 15.0. The maximum absolute atomic E-state index is 11.7. The lowest BCUT2D eigenvalue weighted by atomic mass is 10.1. The van der Waals surface area contributed by atoms with Crippen molar-refractivity contribution in [2.24, 2.45) is 4.99 Å². The number of aliphatic imine (C=N–C) groups is 1. The van der Waals surface area contributed by atoms with Gasteiger partial charge in [-0.2, -0.15) is 0 Å². The normalized spacial score (nSPS) is 14.3. The van der Waals surface area contributed by atoms with Gasteiger partial charge in [-0.05, 0) is 69.9 Å². The van der Waals surface area contributed by atoms with Crippen molar-refractivity contribution in [2.45, 2.75) is 58.5 Å². The van der Waals surface area contributed by atoms with Gasteiger partial charge in [-0.15, -0.1) is 35.3 Å². The summed E-state index contributed by atoms with van der Waals surface area (Å²) in [5.41, 5.74) is 1.19. The van der Waals surface area contributed by atoms with Gasteiger partial charge in [0.1, 0.15) is 5.75 Å². The molecule has 1 aliphatic rings. The average Bonchev–Trinajstić information content (AvgIpc) is 3.46. The fraction of sp³-hybridized carbons (Fsp3) is 0.500. The summed E-state index contributed by atoms with van der Waals surface area (Å²) in [4.78, 5) is 19.2. The Labute approximate surface area is 212 Å². The molecule has 0 saturated heterocycles. The lowest BCUT2D eigenvalue weighted by Crippen LogP contribution is -2.43. The van der Waals surface area contributed by atoms with E-state index >= 15 is 0 Å². The van der Waals surface area contributed by atoms with Crippen LogP contribution in [-0.2, 0) is 17.6 Å². The molecule has 1 aliphatic carbocycles. The zero-order valence-corrected chi connectivity index (χ0v) is 22.3. The number of amides is 1. The van der Waals surface area contributed by atoms with Crippen molar-refractivity contribution in [1.29, 1.82) is 0 Å². The minimum absolute atomic E-state index is 0. The van der Waals surface area contributed by atoms with Crippen molar-refractivity contribution in [3.63, 3.8) is 0 Å². The van der Waals surface area contributed by atoms with E-state index in [-0.39, 0.29) is 36.5 Å². The number of hydrogen-bond donors (Lipinski definition) is 3. The number of benzene rings is 1. The van der Waals surface area contributed by atoms with Gasteiger partial charge in [0.25, 0.3) is 5.91 Å². The minimum atomic E-state index is -0.0483. The van der Waals surface area contributed by atoms with E-state index in [9.17, 15) is 4.79 Å². The van der Waals surface area contributed by atoms with E-state index in [2.05, 4.69) is 48.9 Å². The molecule has 0 radical (unpaired) electrons. The fourth-order valence-corrected chi connectivity index (χ4v) is 4.22. The number of guanidine groups is 1. The molecule has 3 N–H and O–H groups in total. The number of rotatable bonds is 11. The van der Waals surface area contributed by atoms with Crippen molar-refractivity contribution < 1.29 is 9.53 Å². The topological polar surface area (TPSA) is 74.8 Å². The van der Waals surface area contributed by atoms with Gasteiger partial charge >= 0.3 is 0 Å². The van der Waals surface area contributed by atoms with Crippen LogP contribution in [0.3, 0.4) is 0 Å². The van der Waals surface area contributed by atoms with Crippen LogP contribution in [0.4, 0.5) is 0 Å². The quantitative estimate of drug-likeness (QED) is 0.217. The molecule has 1 amide bonds. The molecule has 1 atom stereocenters. The molecule has 0 bridgehead atoms. The van der Waals surface area contributed by atoms with E-state index in [1.807, 2.05) is 35.6 Å². The van der Waals surface area contributed by atoms with Crippen LogP contribution in [0.15, 0.2) is 41.4 Å². The van der Waals surface area contributed by atoms with Crippen molar-refractivity contribution in [2.75, 3.05) is 19.7 Å². The number of hydrogen-bond acceptors (Lipinski definition) is 4. The first-order valence-corrected chi connectivity index (χ1v) is 11.9. The first kappa shape index (κ1) is 26.4. The van der Waals surface area contributed by atoms with Crippen LogP contribution in [0.1, 0.15) is 42.0 Å². The fourth-order valence-electron chi connectivity index (χ4n) is 3.20. The molecule has 1 aromatic carbocycles. The maximum Gasteiger partial charge on any atom is 0.258 e. The number of nitrogens with one attached hydrogen (secondary N) is 3. The summed E-state index contributed by atoms with van der Waals surface area (Å²) in [5, 5.41) is 9.76. The zero-order valence-electron chi connectivity index (χ0n) is 19.1. The van der Waals surface area contributed by atoms with Crippen molar-refractivity contribution >= 4 is 47.2 Å². The molecule has 2 aromatic rings. The highest BCUT2D eigenvalue weighted by atomic mass is 127. The summed E-state index contributed by atoms with van der Waals surface area (Å²) in [6.07, 6.45) is 4.00. The first-order valence-electron chi connectivity index (χ1n) is 11.1. The molecule has 1 fully saturated rings. The summed E-state index contributed by atoms with van der Waals surface area (Å²) < 4.78 is 5.56. The molecule has 1 unspecified atom stereocenters. The predicted octanol–water partition coefficient (Wildman–Crippen LogP) is 4.06. The van der Waals surface area contributed by atoms with Gasteiger partial charge < -0.3 is 20.7 Å². The Hall–Kier alpha value is -1.81. The van der Waals surface area contributed by atoms with Gasteiger partial charge in [0.2, 0.25) is 0 Å². The van der Waals surface area contributed by atoms with Crippen LogP contribution < -0.4 is 20.7 Å². The van der Waals surface area contributed by atoms with Crippen LogP contribution in [0.25, 0.3) is 0 Å². The van der Waals surface area contributed by atoms with Crippen LogP contribution in [0.2, 0.25) is 0 Å². The molecular weight excluding hydrogens is 535 g/mol. The highest BCUT2D eigenvalue weighted by Gasteiger charge is 2.23. The highest BCUT2D eigenvalue weighted by molar-refractivity contribution is 14.0. The van der Waals surface area contributed by atoms with E-state index in [4.69, 9.17) is 9.73 Å². The van der Waals surface area contributed by atoms with Crippen LogP contribution in [0, 0.1) is 6.92 Å². The van der Waals surface area contributed by atoms with Crippen LogP contribution in [-0.4, -0.2) is 43.6 Å². The summed E-state index contributed by atoms with van der Waals surface area (Å²) in [6, 6.07) is 12.9. The zero-order chi connectivity index (χ0) is 22.1. The molecule has 3 rings (SSSR count). The van der Waals surface area contributed by atoms with Gasteiger partial charge in [0.05, 0.1) is 0 Å². The monoisotopic (exact) mass is 570 g/mol. The Bertz CT molecular complexity index is 865. The molecule has 1 saturated carbocycles. The molecule has 0 aliphatic heterocycles. The Balaban J connectivity index is 0.00000363. The van der Waals surface area contributed by atoms with Crippen LogP contribution in [0.5, 0.6) is 5.75 Å². The van der Waals surface area contributed by atoms with E-state index in [1.165, 1.54) is 15.3 Å². The minimum Gasteiger partial charge on any atom is -0.484 e. The molecule has 32 heavy (non-hydrogen) atoms. The smallest absolute Gasteiger partial charge is 0.258 e. The molecule has 176 valence electrons. The molecule has 8 heteroatoms. The number of carbonyl (C=O) groups excluding carboxylic acids is 1. The maximum atomic E-state index is 11.7. The lowest BCUT2D eigenvalue weighted by Gasteiger charge is -2.17. The second-order valence-corrected chi connectivity index (χ2v) is 9.42. The number of thiophene rings is 1. The van der Waals surface area contributed by atoms with Gasteiger partial charge in [-0.25, -0.2) is 0 Å². The summed E-state index contributed by atoms with van der Waals surface area (Å²) in [7, 11) is 0. The van der Waals surface area contributed by atoms with Gasteiger partial charge in [0, 0.05) is 41.3 Å². The molecular formula is C24H35IN4O2S. The summed E-state index contributed by atoms with van der Waals surface area (Å²) in [5.74, 6) is 1.52. The summed E-state index contributed by atoms with van der Waals surface area (Å²) >= 11 is 1.85. The number of ether oxygens (including phenoxy) is 1. The number of aryl methyl sites for hydroxylation is 1. The third kappa shape index (κ3) is 9.77. The third-order valence-corrected chi connectivity index (χ3v) is 5.96. The second-order valence-electron chi connectivity index (χ2n) is 8.05. The largest absolute Gasteiger partial charge is 0.484 e. The average molecular weight is 571 g/mol. The summed E-state index contributed by atoms with van der Waals surface area (Å²) in [6.45, 7) is 8.00. The van der Waals surface area contributed by atoms with Crippen molar-refractivity contribution in [3.8, 4) is 5.75 Å². The number of halogens is 1. The molecule has 1 heterocycles. The Kier molecular flexibility index (Phi) is 11.3. The molecule has 0 spiro atoms.